The van der Waals surface area contributed by atoms with Gasteiger partial charge < -0.3 is 10.2 Å². The predicted molar refractivity (Wildman–Crippen MR) is 115 cm³/mol. The molecule has 1 saturated heterocycles. The number of nitrogens with zero attached hydrogens (tertiary/aromatic N) is 2. The van der Waals surface area contributed by atoms with Gasteiger partial charge in [-0.2, -0.15) is 0 Å². The van der Waals surface area contributed by atoms with E-state index < -0.39 is 78.6 Å². The number of anilines is 2. The molecule has 1 heterocycles. The maximum atomic E-state index is 12.8. The lowest BCUT2D eigenvalue weighted by Crippen LogP contribution is -2.46. The summed E-state index contributed by atoms with van der Waals surface area (Å²) in [6.45, 7) is -9.69. The lowest BCUT2D eigenvalue weighted by molar-refractivity contribution is -0.114. The molecule has 1 amide bonds. The molecule has 0 saturated carbocycles. The zero-order valence-corrected chi connectivity index (χ0v) is 16.2. The van der Waals surface area contributed by atoms with E-state index in [0.29, 0.717) is 5.31 Å². The lowest BCUT2D eigenvalue weighted by atomic mass is 10.2. The number of hydrogen-bond acceptors (Lipinski definition) is 5. The van der Waals surface area contributed by atoms with Crippen molar-refractivity contribution in [2.45, 2.75) is 33.5 Å². The van der Waals surface area contributed by atoms with Crippen molar-refractivity contribution < 1.29 is 35.2 Å². The van der Waals surface area contributed by atoms with E-state index in [1.54, 1.807) is 4.90 Å². The summed E-state index contributed by atoms with van der Waals surface area (Å²) in [6, 6.07) is -0.266. The molecular weight excluding hydrogens is 376 g/mol. The zero-order chi connectivity index (χ0) is 34.4. The molecule has 0 aliphatic carbocycles. The summed E-state index contributed by atoms with van der Waals surface area (Å²) < 4.78 is 151. The molecule has 0 spiro atoms. The van der Waals surface area contributed by atoms with Crippen molar-refractivity contribution in [2.24, 2.45) is 5.89 Å². The Kier molecular flexibility index (Phi) is 3.47. The molecule has 2 unspecified atom stereocenters. The summed E-state index contributed by atoms with van der Waals surface area (Å²) in [4.78, 5) is 14.5. The Morgan fingerprint density at radius 1 is 1.43 bits per heavy atom. The summed E-state index contributed by atoms with van der Waals surface area (Å²) in [5.74, 6) is -4.88. The summed E-state index contributed by atoms with van der Waals surface area (Å²) >= 11 is 0. The van der Waals surface area contributed by atoms with Crippen molar-refractivity contribution in [2.75, 3.05) is 55.1 Å². The average molecular weight is 427 g/mol. The van der Waals surface area contributed by atoms with E-state index in [1.807, 2.05) is 0 Å². The molecule has 1 aliphatic heterocycles. The molecule has 1 aromatic carbocycles. The highest BCUT2D eigenvalue weighted by Crippen LogP contribution is 2.21. The number of unbranched alkanes of at least 4 members (excludes halogenated alkanes) is 1. The first-order valence-corrected chi connectivity index (χ1v) is 9.96. The highest BCUT2D eigenvalue weighted by Gasteiger charge is 2.17. The Hall–Kier alpha value is -1.64. The van der Waals surface area contributed by atoms with Gasteiger partial charge in [0.05, 0.1) is 12.6 Å². The number of hydrogen-bond donors (Lipinski definition) is 2. The lowest BCUT2D eigenvalue weighted by Gasteiger charge is -2.36. The highest BCUT2D eigenvalue weighted by atomic mass is 32.2. The summed E-state index contributed by atoms with van der Waals surface area (Å²) in [5.41, 5.74) is -4.79. The average Bonchev–Trinajstić information content (AvgIpc) is 2.85. The molecule has 1 aromatic rings. The van der Waals surface area contributed by atoms with Crippen molar-refractivity contribution in [3.05, 3.63) is 24.2 Å². The molecule has 2 N–H and O–H groups in total. The number of rotatable bonds is 10. The van der Waals surface area contributed by atoms with Crippen LogP contribution in [0.25, 0.3) is 0 Å². The number of benzene rings is 1. The molecule has 2 atom stereocenters. The first-order chi connectivity index (χ1) is 19.8. The fraction of sp³-hybridized carbons (Fsp3) is 0.650. The van der Waals surface area contributed by atoms with Gasteiger partial charge in [-0.3, -0.25) is 9.69 Å². The topological polar surface area (TPSA) is 81.8 Å². The third kappa shape index (κ3) is 8.16. The predicted octanol–water partition coefficient (Wildman–Crippen LogP) is 2.12. The molecule has 158 valence electrons. The Bertz CT molecular complexity index is 1300. The van der Waals surface area contributed by atoms with Crippen molar-refractivity contribution >= 4 is 27.3 Å². The van der Waals surface area contributed by atoms with Crippen LogP contribution in [0.1, 0.15) is 52.7 Å². The first-order valence-electron chi connectivity index (χ1n) is 16.6. The minimum absolute atomic E-state index is 0.0204. The molecule has 0 radical (unpaired) electrons. The quantitative estimate of drug-likeness (QED) is 0.560. The van der Waals surface area contributed by atoms with E-state index >= 15 is 0 Å². The van der Waals surface area contributed by atoms with E-state index in [0.717, 1.165) is 17.9 Å². The number of sulfonamides is 1. The van der Waals surface area contributed by atoms with Crippen molar-refractivity contribution in [1.82, 2.24) is 9.62 Å². The molecule has 1 fully saturated rings. The van der Waals surface area contributed by atoms with E-state index in [1.165, 1.54) is 0 Å². The standard InChI is InChI=1S/C20H34N4O3S/c1-17(2)16-28(26,27)21-9-4-5-10-23-11-13-24(14-12-23)20-8-6-7-19(15-20)22-18(3)25/h6-8,15,17,21H,4-5,9-14,16H2,1-3H3,(H,22,25)/i1D3,2D3,7D,8D,13D,14D,15D,16D2,17D/hD2. The SMILES string of the molecule is [2H]c1cc([2H])c(N2C([2H])CN(CCCCN([2H])S(=O)(=O)C([2H])([2H])C([2H])(C([2H])([2H])[2H])C([2H])([2H])[2H])CC2[2H])c([2H])c1N([2H])C(C)=O. The normalized spacial score (nSPS) is 31.3. The molecule has 0 aromatic heterocycles. The van der Waals surface area contributed by atoms with Crippen LogP contribution in [0.4, 0.5) is 11.4 Å². The fourth-order valence-corrected chi connectivity index (χ4v) is 3.12. The number of nitrogens with one attached hydrogen (secondary N) is 2. The first kappa shape index (κ1) is 9.02. The monoisotopic (exact) mass is 426 g/mol. The number of piperazine rings is 1. The molecule has 28 heavy (non-hydrogen) atoms. The van der Waals surface area contributed by atoms with Crippen LogP contribution in [0.5, 0.6) is 0 Å². The van der Waals surface area contributed by atoms with E-state index in [2.05, 4.69) is 0 Å². The van der Waals surface area contributed by atoms with Crippen LogP contribution in [-0.2, 0) is 14.8 Å². The molecule has 8 heteroatoms. The minimum atomic E-state index is -5.59. The smallest absolute Gasteiger partial charge is 0.221 e. The van der Waals surface area contributed by atoms with Gasteiger partial charge in [0.15, 0.2) is 1.41 Å². The third-order valence-corrected chi connectivity index (χ3v) is 4.61. The van der Waals surface area contributed by atoms with Gasteiger partial charge in [0.2, 0.25) is 15.9 Å². The second kappa shape index (κ2) is 10.8. The van der Waals surface area contributed by atoms with Gasteiger partial charge in [-0.05, 0) is 43.4 Å². The summed E-state index contributed by atoms with van der Waals surface area (Å²) in [6.07, 6.45) is 0.0543. The van der Waals surface area contributed by atoms with Gasteiger partial charge in [-0.1, -0.05) is 19.8 Å². The van der Waals surface area contributed by atoms with Crippen LogP contribution < -0.4 is 14.9 Å². The Morgan fingerprint density at radius 3 is 2.86 bits per heavy atom. The van der Waals surface area contributed by atoms with Crippen molar-refractivity contribution in [3.8, 4) is 0 Å². The van der Waals surface area contributed by atoms with E-state index in [4.69, 9.17) is 22.0 Å². The van der Waals surface area contributed by atoms with Crippen LogP contribution in [0, 0.1) is 5.89 Å². The largest absolute Gasteiger partial charge is 0.369 e. The van der Waals surface area contributed by atoms with Crippen molar-refractivity contribution in [3.63, 3.8) is 0 Å². The second-order valence-corrected chi connectivity index (χ2v) is 7.34. The Morgan fingerprint density at radius 2 is 2.18 bits per heavy atom. The highest BCUT2D eigenvalue weighted by molar-refractivity contribution is 7.89. The third-order valence-electron chi connectivity index (χ3n) is 3.63. The second-order valence-electron chi connectivity index (χ2n) is 5.93. The Balaban J connectivity index is 2.12. The molecular formula is C20H34N4O3S. The summed E-state index contributed by atoms with van der Waals surface area (Å²) in [5, 5.41) is 0.333. The van der Waals surface area contributed by atoms with E-state index in [-0.39, 0.29) is 48.9 Å². The zero-order valence-electron chi connectivity index (χ0n) is 31.4. The van der Waals surface area contributed by atoms with Crippen LogP contribution >= 0.6 is 0 Å². The molecule has 7 nitrogen and oxygen atoms in total. The summed E-state index contributed by atoms with van der Waals surface area (Å²) in [7, 11) is -5.59. The van der Waals surface area contributed by atoms with Crippen LogP contribution in [-0.4, -0.2) is 64.2 Å². The molecule has 0 bridgehead atoms. The van der Waals surface area contributed by atoms with Crippen LogP contribution in [0.15, 0.2) is 24.2 Å². The maximum Gasteiger partial charge on any atom is 0.221 e. The van der Waals surface area contributed by atoms with Gasteiger partial charge in [-0.15, -0.1) is 0 Å². The van der Waals surface area contributed by atoms with Crippen LogP contribution in [0.2, 0.25) is 2.82 Å². The number of carbonyl (C=O) groups is 1. The Labute approximate surface area is 192 Å². The van der Waals surface area contributed by atoms with Gasteiger partial charge >= 0.3 is 0 Å². The number of carbonyl (C=O) groups excluding carboxylic acids is 1. The molecule has 1 aliphatic rings. The van der Waals surface area contributed by atoms with Gasteiger partial charge in [0.1, 0.15) is 1.41 Å². The van der Waals surface area contributed by atoms with E-state index in [9.17, 15) is 13.2 Å². The van der Waals surface area contributed by atoms with Crippen LogP contribution in [0.3, 0.4) is 0 Å². The molecule has 2 rings (SSSR count). The van der Waals surface area contributed by atoms with Gasteiger partial charge in [0, 0.05) is 63.3 Å². The fourth-order valence-electron chi connectivity index (χ4n) is 2.43. The van der Waals surface area contributed by atoms with Crippen molar-refractivity contribution in [1.29, 1.82) is 0 Å². The minimum Gasteiger partial charge on any atom is -0.369 e. The van der Waals surface area contributed by atoms with Gasteiger partial charge in [0.25, 0.3) is 0 Å². The number of amides is 1. The maximum absolute atomic E-state index is 12.8. The van der Waals surface area contributed by atoms with Gasteiger partial charge in [-0.25, -0.2) is 13.1 Å².